The van der Waals surface area contributed by atoms with E-state index in [4.69, 9.17) is 31.3 Å². The first-order valence-electron chi connectivity index (χ1n) is 8.87. The lowest BCUT2D eigenvalue weighted by Crippen LogP contribution is -2.43. The third kappa shape index (κ3) is 6.37. The largest absolute Gasteiger partial charge is 0.500 e. The summed E-state index contributed by atoms with van der Waals surface area (Å²) < 4.78 is 38.9. The van der Waals surface area contributed by atoms with Gasteiger partial charge in [0.2, 0.25) is 0 Å². The maximum Gasteiger partial charge on any atom is 0.500 e. The van der Waals surface area contributed by atoms with Crippen LogP contribution in [0.3, 0.4) is 0 Å². The summed E-state index contributed by atoms with van der Waals surface area (Å²) in [6, 6.07) is 1.65. The summed E-state index contributed by atoms with van der Waals surface area (Å²) in [5.74, 6) is 0. The summed E-state index contributed by atoms with van der Waals surface area (Å²) in [4.78, 5) is 0. The van der Waals surface area contributed by atoms with E-state index < -0.39 is 17.6 Å². The van der Waals surface area contributed by atoms with Crippen LogP contribution in [-0.2, 0) is 31.3 Å². The van der Waals surface area contributed by atoms with Crippen molar-refractivity contribution in [2.45, 2.75) is 44.2 Å². The third-order valence-electron chi connectivity index (χ3n) is 5.43. The standard InChI is InChI=1S/C16H36O7Si2/c1-17-24(18-2,19-3)13-7-9-16(11-12-23-15-16)10-8-14-25(20-4,21-5)22-6/h7-15H2,1-6H3. The van der Waals surface area contributed by atoms with Crippen molar-refractivity contribution in [2.24, 2.45) is 5.41 Å². The third-order valence-corrected chi connectivity index (χ3v) is 11.1. The molecule has 1 fully saturated rings. The molecule has 0 saturated carbocycles. The average molecular weight is 397 g/mol. The summed E-state index contributed by atoms with van der Waals surface area (Å²) in [6.07, 6.45) is 5.27. The van der Waals surface area contributed by atoms with E-state index in [9.17, 15) is 0 Å². The van der Waals surface area contributed by atoms with E-state index in [-0.39, 0.29) is 5.41 Å². The van der Waals surface area contributed by atoms with Crippen LogP contribution in [0.5, 0.6) is 0 Å². The van der Waals surface area contributed by atoms with E-state index >= 15 is 0 Å². The highest BCUT2D eigenvalue weighted by Gasteiger charge is 2.42. The van der Waals surface area contributed by atoms with Crippen LogP contribution in [0.1, 0.15) is 32.1 Å². The number of hydrogen-bond donors (Lipinski definition) is 0. The van der Waals surface area contributed by atoms with Gasteiger partial charge in [0.25, 0.3) is 0 Å². The van der Waals surface area contributed by atoms with Crippen molar-refractivity contribution in [2.75, 3.05) is 55.9 Å². The molecule has 9 heteroatoms. The molecule has 0 spiro atoms. The van der Waals surface area contributed by atoms with Gasteiger partial charge in [-0.15, -0.1) is 0 Å². The van der Waals surface area contributed by atoms with Crippen LogP contribution in [0, 0.1) is 5.41 Å². The monoisotopic (exact) mass is 396 g/mol. The average Bonchev–Trinajstić information content (AvgIpc) is 3.12. The van der Waals surface area contributed by atoms with Crippen LogP contribution < -0.4 is 0 Å². The van der Waals surface area contributed by atoms with Crippen LogP contribution in [0.15, 0.2) is 0 Å². The maximum absolute atomic E-state index is 5.72. The van der Waals surface area contributed by atoms with Gasteiger partial charge in [0.05, 0.1) is 6.61 Å². The molecule has 0 bridgehead atoms. The summed E-state index contributed by atoms with van der Waals surface area (Å²) >= 11 is 0. The van der Waals surface area contributed by atoms with Crippen LogP contribution in [0.25, 0.3) is 0 Å². The van der Waals surface area contributed by atoms with Gasteiger partial charge in [0, 0.05) is 61.4 Å². The predicted molar refractivity (Wildman–Crippen MR) is 99.5 cm³/mol. The smallest absolute Gasteiger partial charge is 0.381 e. The summed E-state index contributed by atoms with van der Waals surface area (Å²) in [7, 11) is 5.00. The van der Waals surface area contributed by atoms with Gasteiger partial charge >= 0.3 is 17.6 Å². The highest BCUT2D eigenvalue weighted by molar-refractivity contribution is 6.60. The van der Waals surface area contributed by atoms with E-state index in [1.54, 1.807) is 42.7 Å². The first-order chi connectivity index (χ1) is 12.0. The Labute approximate surface area is 155 Å². The zero-order chi connectivity index (χ0) is 18.8. The number of hydrogen-bond acceptors (Lipinski definition) is 7. The van der Waals surface area contributed by atoms with Crippen molar-refractivity contribution in [1.29, 1.82) is 0 Å². The van der Waals surface area contributed by atoms with Crippen molar-refractivity contribution >= 4 is 17.6 Å². The summed E-state index contributed by atoms with van der Waals surface area (Å²) in [6.45, 7) is 1.65. The molecule has 0 radical (unpaired) electrons. The Hall–Kier alpha value is 0.154. The molecular weight excluding hydrogens is 360 g/mol. The molecule has 0 atom stereocenters. The zero-order valence-corrected chi connectivity index (χ0v) is 18.7. The second kappa shape index (κ2) is 11.1. The summed E-state index contributed by atoms with van der Waals surface area (Å²) in [5, 5.41) is 0. The predicted octanol–water partition coefficient (Wildman–Crippen LogP) is 2.71. The fraction of sp³-hybridized carbons (Fsp3) is 1.00. The highest BCUT2D eigenvalue weighted by atomic mass is 28.4. The van der Waals surface area contributed by atoms with Gasteiger partial charge in [0.15, 0.2) is 0 Å². The SMILES string of the molecule is CO[Si](CCCC1(CCC[Si](OC)(OC)OC)CCOC1)(OC)OC. The molecule has 0 N–H and O–H groups in total. The fourth-order valence-corrected chi connectivity index (χ4v) is 7.09. The topological polar surface area (TPSA) is 64.6 Å². The molecule has 150 valence electrons. The quantitative estimate of drug-likeness (QED) is 0.418. The maximum atomic E-state index is 5.72. The molecule has 1 saturated heterocycles. The Balaban J connectivity index is 2.54. The van der Waals surface area contributed by atoms with Crippen molar-refractivity contribution in [3.63, 3.8) is 0 Å². The second-order valence-electron chi connectivity index (χ2n) is 6.60. The lowest BCUT2D eigenvalue weighted by molar-refractivity contribution is 0.111. The zero-order valence-electron chi connectivity index (χ0n) is 16.7. The molecule has 0 unspecified atom stereocenters. The van der Waals surface area contributed by atoms with Gasteiger partial charge in [-0.1, -0.05) is 0 Å². The van der Waals surface area contributed by atoms with Crippen LogP contribution >= 0.6 is 0 Å². The molecule has 0 aliphatic carbocycles. The van der Waals surface area contributed by atoms with E-state index in [0.717, 1.165) is 57.4 Å². The Kier molecular flexibility index (Phi) is 10.3. The van der Waals surface area contributed by atoms with Crippen molar-refractivity contribution in [3.8, 4) is 0 Å². The molecule has 0 aromatic heterocycles. The molecule has 0 aromatic carbocycles. The summed E-state index contributed by atoms with van der Waals surface area (Å²) in [5.41, 5.74) is 0.213. The van der Waals surface area contributed by atoms with Crippen molar-refractivity contribution < 1.29 is 31.3 Å². The molecule has 1 heterocycles. The molecule has 1 rings (SSSR count). The highest BCUT2D eigenvalue weighted by Crippen LogP contribution is 2.40. The Morgan fingerprint density at radius 3 is 1.40 bits per heavy atom. The van der Waals surface area contributed by atoms with Gasteiger partial charge in [-0.3, -0.25) is 0 Å². The Bertz CT molecular complexity index is 312. The molecule has 1 aliphatic rings. The van der Waals surface area contributed by atoms with E-state index in [1.807, 2.05) is 0 Å². The van der Waals surface area contributed by atoms with Crippen molar-refractivity contribution in [1.82, 2.24) is 0 Å². The van der Waals surface area contributed by atoms with Gasteiger partial charge in [0.1, 0.15) is 0 Å². The second-order valence-corrected chi connectivity index (χ2v) is 12.8. The Morgan fingerprint density at radius 1 is 0.720 bits per heavy atom. The molecule has 0 aromatic rings. The fourth-order valence-electron chi connectivity index (χ4n) is 3.64. The minimum absolute atomic E-state index is 0.213. The van der Waals surface area contributed by atoms with E-state index in [2.05, 4.69) is 0 Å². The van der Waals surface area contributed by atoms with Gasteiger partial charge < -0.3 is 31.3 Å². The van der Waals surface area contributed by atoms with E-state index in [1.165, 1.54) is 0 Å². The van der Waals surface area contributed by atoms with Gasteiger partial charge in [-0.2, -0.15) is 0 Å². The van der Waals surface area contributed by atoms with Crippen LogP contribution in [-0.4, -0.2) is 73.5 Å². The molecule has 7 nitrogen and oxygen atoms in total. The van der Waals surface area contributed by atoms with E-state index in [0.29, 0.717) is 0 Å². The normalized spacial score (nSPS) is 18.0. The van der Waals surface area contributed by atoms with Gasteiger partial charge in [-0.25, -0.2) is 0 Å². The van der Waals surface area contributed by atoms with Crippen molar-refractivity contribution in [3.05, 3.63) is 0 Å². The minimum atomic E-state index is -2.49. The first kappa shape index (κ1) is 23.2. The molecule has 1 aliphatic heterocycles. The van der Waals surface area contributed by atoms with Crippen LogP contribution in [0.2, 0.25) is 12.1 Å². The van der Waals surface area contributed by atoms with Crippen LogP contribution in [0.4, 0.5) is 0 Å². The lowest BCUT2D eigenvalue weighted by atomic mass is 9.79. The van der Waals surface area contributed by atoms with Gasteiger partial charge in [-0.05, 0) is 37.5 Å². The Morgan fingerprint density at radius 2 is 1.12 bits per heavy atom. The molecule has 25 heavy (non-hydrogen) atoms. The lowest BCUT2D eigenvalue weighted by Gasteiger charge is -2.31. The molecule has 0 amide bonds. The first-order valence-corrected chi connectivity index (χ1v) is 12.7. The molecular formula is C16H36O7Si2. The number of rotatable bonds is 14. The number of ether oxygens (including phenoxy) is 1. The minimum Gasteiger partial charge on any atom is -0.381 e.